The first-order valence-electron chi connectivity index (χ1n) is 9.32. The number of nitrogens with one attached hydrogen (secondary N) is 3. The molecule has 3 N–H and O–H groups in total. The first-order chi connectivity index (χ1) is 14.6. The normalized spacial score (nSPS) is 11.1. The van der Waals surface area contributed by atoms with Crippen LogP contribution in [0.25, 0.3) is 21.7 Å². The molecule has 0 aliphatic rings. The summed E-state index contributed by atoms with van der Waals surface area (Å²) in [5, 5.41) is 9.01. The van der Waals surface area contributed by atoms with E-state index in [1.165, 1.54) is 6.21 Å². The monoisotopic (exact) mass is 398 g/mol. The molecule has 0 spiro atoms. The van der Waals surface area contributed by atoms with Gasteiger partial charge in [-0.15, -0.1) is 0 Å². The number of hydrogen-bond donors (Lipinski definition) is 3. The first kappa shape index (κ1) is 19.1. The van der Waals surface area contributed by atoms with Gasteiger partial charge in [0.15, 0.2) is 0 Å². The number of para-hydroxylation sites is 1. The highest BCUT2D eigenvalue weighted by atomic mass is 16.2. The number of hydrogen-bond acceptors (Lipinski definition) is 4. The van der Waals surface area contributed by atoms with Gasteiger partial charge in [0.05, 0.1) is 18.3 Å². The summed E-state index contributed by atoms with van der Waals surface area (Å²) in [5.41, 5.74) is 3.53. The Kier molecular flexibility index (Phi) is 5.34. The average Bonchev–Trinajstić information content (AvgIpc) is 2.77. The molecule has 0 unspecified atom stereocenters. The molecule has 1 aromatic heterocycles. The Balaban J connectivity index is 1.38. The third-order valence-electron chi connectivity index (χ3n) is 4.62. The lowest BCUT2D eigenvalue weighted by molar-refractivity contribution is -0.120. The number of aromatic amines is 1. The number of H-pyrrole nitrogens is 1. The van der Waals surface area contributed by atoms with Crippen LogP contribution in [0.4, 0.5) is 0 Å². The van der Waals surface area contributed by atoms with E-state index >= 15 is 0 Å². The Labute approximate surface area is 171 Å². The van der Waals surface area contributed by atoms with Gasteiger partial charge in [-0.2, -0.15) is 5.10 Å². The van der Waals surface area contributed by atoms with Gasteiger partial charge in [0.2, 0.25) is 0 Å². The SMILES string of the molecule is O=C(CNC(=O)c1cccc2ccccc12)NN=Cc1cc2ccccc2[nH]c1=O. The molecule has 0 saturated carbocycles. The van der Waals surface area contributed by atoms with Crippen molar-refractivity contribution in [3.8, 4) is 0 Å². The standard InChI is InChI=1S/C23H18N4O3/c28-21(14-24-23(30)19-10-5-8-15-6-1-3-9-18(15)19)27-25-13-17-12-16-7-2-4-11-20(16)26-22(17)29/h1-13H,14H2,(H,24,30)(H,26,29)(H,27,28). The van der Waals surface area contributed by atoms with Crippen LogP contribution in [0.1, 0.15) is 15.9 Å². The molecule has 0 radical (unpaired) electrons. The van der Waals surface area contributed by atoms with Crippen molar-refractivity contribution in [3.63, 3.8) is 0 Å². The van der Waals surface area contributed by atoms with Crippen LogP contribution in [-0.2, 0) is 4.79 Å². The maximum Gasteiger partial charge on any atom is 0.259 e. The maximum absolute atomic E-state index is 12.5. The number of fused-ring (bicyclic) bond motifs is 2. The molecule has 3 aromatic carbocycles. The molecule has 0 aliphatic heterocycles. The summed E-state index contributed by atoms with van der Waals surface area (Å²) in [4.78, 5) is 39.3. The molecule has 0 atom stereocenters. The van der Waals surface area contributed by atoms with Gasteiger partial charge in [0.25, 0.3) is 17.4 Å². The minimum atomic E-state index is -0.503. The number of carbonyl (C=O) groups is 2. The smallest absolute Gasteiger partial charge is 0.259 e. The van der Waals surface area contributed by atoms with Gasteiger partial charge < -0.3 is 10.3 Å². The predicted octanol–water partition coefficient (Wildman–Crippen LogP) is 2.56. The van der Waals surface area contributed by atoms with Crippen molar-refractivity contribution in [2.45, 2.75) is 0 Å². The third kappa shape index (κ3) is 4.10. The third-order valence-corrected chi connectivity index (χ3v) is 4.62. The zero-order chi connectivity index (χ0) is 20.9. The fourth-order valence-electron chi connectivity index (χ4n) is 3.15. The number of hydrazone groups is 1. The van der Waals surface area contributed by atoms with Crippen LogP contribution in [0, 0.1) is 0 Å². The summed E-state index contributed by atoms with van der Waals surface area (Å²) < 4.78 is 0. The number of benzene rings is 3. The quantitative estimate of drug-likeness (QED) is 0.356. The molecule has 7 nitrogen and oxygen atoms in total. The van der Waals surface area contributed by atoms with Gasteiger partial charge in [0, 0.05) is 11.1 Å². The second-order valence-electron chi connectivity index (χ2n) is 6.64. The molecule has 0 fully saturated rings. The van der Waals surface area contributed by atoms with Gasteiger partial charge in [-0.3, -0.25) is 14.4 Å². The predicted molar refractivity (Wildman–Crippen MR) is 117 cm³/mol. The fourth-order valence-corrected chi connectivity index (χ4v) is 3.15. The Bertz CT molecular complexity index is 1340. The van der Waals surface area contributed by atoms with E-state index in [1.807, 2.05) is 48.5 Å². The molecule has 148 valence electrons. The summed E-state index contributed by atoms with van der Waals surface area (Å²) in [6.07, 6.45) is 1.27. The topological polar surface area (TPSA) is 103 Å². The summed E-state index contributed by atoms with van der Waals surface area (Å²) in [6.45, 7) is -0.243. The number of rotatable bonds is 5. The van der Waals surface area contributed by atoms with Gasteiger partial charge in [-0.05, 0) is 34.4 Å². The van der Waals surface area contributed by atoms with E-state index in [1.54, 1.807) is 24.3 Å². The van der Waals surface area contributed by atoms with Crippen molar-refractivity contribution in [2.75, 3.05) is 6.54 Å². The van der Waals surface area contributed by atoms with Crippen molar-refractivity contribution in [2.24, 2.45) is 5.10 Å². The van der Waals surface area contributed by atoms with Gasteiger partial charge in [-0.1, -0.05) is 54.6 Å². The van der Waals surface area contributed by atoms with Crippen LogP contribution in [0.3, 0.4) is 0 Å². The zero-order valence-corrected chi connectivity index (χ0v) is 15.9. The van der Waals surface area contributed by atoms with Gasteiger partial charge >= 0.3 is 0 Å². The lowest BCUT2D eigenvalue weighted by Crippen LogP contribution is -2.35. The van der Waals surface area contributed by atoms with Crippen LogP contribution in [0.2, 0.25) is 0 Å². The lowest BCUT2D eigenvalue weighted by atomic mass is 10.0. The van der Waals surface area contributed by atoms with E-state index in [4.69, 9.17) is 0 Å². The molecule has 4 aromatic rings. The van der Waals surface area contributed by atoms with Crippen molar-refractivity contribution >= 4 is 39.7 Å². The first-order valence-corrected chi connectivity index (χ1v) is 9.32. The Morgan fingerprint density at radius 3 is 2.53 bits per heavy atom. The Morgan fingerprint density at radius 2 is 1.67 bits per heavy atom. The number of carbonyl (C=O) groups excluding carboxylic acids is 2. The molecular weight excluding hydrogens is 380 g/mol. The Morgan fingerprint density at radius 1 is 0.933 bits per heavy atom. The number of aromatic nitrogens is 1. The molecule has 1 heterocycles. The van der Waals surface area contributed by atoms with E-state index < -0.39 is 5.91 Å². The molecular formula is C23H18N4O3. The van der Waals surface area contributed by atoms with Crippen LogP contribution in [-0.4, -0.2) is 29.6 Å². The number of nitrogens with zero attached hydrogens (tertiary/aromatic N) is 1. The number of amides is 2. The molecule has 0 aliphatic carbocycles. The summed E-state index contributed by atoms with van der Waals surface area (Å²) >= 11 is 0. The van der Waals surface area contributed by atoms with E-state index in [0.717, 1.165) is 21.7 Å². The molecule has 7 heteroatoms. The van der Waals surface area contributed by atoms with Crippen LogP contribution in [0.5, 0.6) is 0 Å². The zero-order valence-electron chi connectivity index (χ0n) is 15.9. The number of pyridine rings is 1. The second-order valence-corrected chi connectivity index (χ2v) is 6.64. The van der Waals surface area contributed by atoms with Crippen molar-refractivity contribution < 1.29 is 9.59 Å². The van der Waals surface area contributed by atoms with E-state index in [9.17, 15) is 14.4 Å². The minimum Gasteiger partial charge on any atom is -0.343 e. The van der Waals surface area contributed by atoms with E-state index in [-0.39, 0.29) is 18.0 Å². The van der Waals surface area contributed by atoms with Crippen molar-refractivity contribution in [1.29, 1.82) is 0 Å². The summed E-state index contributed by atoms with van der Waals surface area (Å²) in [5.74, 6) is -0.853. The minimum absolute atomic E-state index is 0.243. The highest BCUT2D eigenvalue weighted by molar-refractivity contribution is 6.07. The molecule has 0 saturated heterocycles. The average molecular weight is 398 g/mol. The van der Waals surface area contributed by atoms with Gasteiger partial charge in [0.1, 0.15) is 0 Å². The van der Waals surface area contributed by atoms with Crippen molar-refractivity contribution in [3.05, 3.63) is 94.3 Å². The lowest BCUT2D eigenvalue weighted by Gasteiger charge is -2.07. The highest BCUT2D eigenvalue weighted by Gasteiger charge is 2.10. The maximum atomic E-state index is 12.5. The molecule has 30 heavy (non-hydrogen) atoms. The highest BCUT2D eigenvalue weighted by Crippen LogP contribution is 2.18. The molecule has 4 rings (SSSR count). The van der Waals surface area contributed by atoms with Crippen LogP contribution >= 0.6 is 0 Å². The summed E-state index contributed by atoms with van der Waals surface area (Å²) in [6, 6.07) is 22.0. The van der Waals surface area contributed by atoms with Crippen molar-refractivity contribution in [1.82, 2.24) is 15.7 Å². The van der Waals surface area contributed by atoms with Gasteiger partial charge in [-0.25, -0.2) is 5.43 Å². The Hall–Kier alpha value is -4.26. The van der Waals surface area contributed by atoms with Crippen LogP contribution < -0.4 is 16.3 Å². The van der Waals surface area contributed by atoms with E-state index in [0.29, 0.717) is 11.1 Å². The second kappa shape index (κ2) is 8.40. The summed E-state index contributed by atoms with van der Waals surface area (Å²) in [7, 11) is 0. The largest absolute Gasteiger partial charge is 0.343 e. The fraction of sp³-hybridized carbons (Fsp3) is 0.0435. The molecule has 0 bridgehead atoms. The van der Waals surface area contributed by atoms with Crippen LogP contribution in [0.15, 0.2) is 82.7 Å². The molecule has 2 amide bonds. The van der Waals surface area contributed by atoms with E-state index in [2.05, 4.69) is 20.8 Å².